The van der Waals surface area contributed by atoms with Crippen LogP contribution in [0.2, 0.25) is 0 Å². The third kappa shape index (κ3) is 3.69. The molecule has 190 valence electrons. The Kier molecular flexibility index (Phi) is 6.57. The van der Waals surface area contributed by atoms with Gasteiger partial charge in [0.15, 0.2) is 0 Å². The normalized spacial score (nSPS) is 34.2. The van der Waals surface area contributed by atoms with Gasteiger partial charge < -0.3 is 24.7 Å². The molecule has 3 aliphatic rings. The summed E-state index contributed by atoms with van der Waals surface area (Å²) in [7, 11) is 0. The molecule has 3 unspecified atom stereocenters. The van der Waals surface area contributed by atoms with E-state index in [1.807, 2.05) is 51.1 Å². The number of aliphatic carboxylic acids is 1. The Labute approximate surface area is 206 Å². The molecule has 0 saturated carbocycles. The smallest absolute Gasteiger partial charge is 0.310 e. The Morgan fingerprint density at radius 1 is 1.31 bits per heavy atom. The van der Waals surface area contributed by atoms with Crippen LogP contribution in [-0.2, 0) is 25.5 Å². The van der Waals surface area contributed by atoms with E-state index in [1.165, 1.54) is 4.90 Å². The Morgan fingerprint density at radius 3 is 2.51 bits per heavy atom. The summed E-state index contributed by atoms with van der Waals surface area (Å²) < 4.78 is 6.55. The van der Waals surface area contributed by atoms with Crippen LogP contribution in [0.5, 0.6) is 0 Å². The van der Waals surface area contributed by atoms with Gasteiger partial charge in [0.25, 0.3) is 0 Å². The molecule has 8 heteroatoms. The lowest BCUT2D eigenvalue weighted by Gasteiger charge is -2.40. The number of carbonyl (C=O) groups excluding carboxylic acids is 2. The molecule has 4 rings (SSSR count). The van der Waals surface area contributed by atoms with Crippen molar-refractivity contribution in [2.24, 2.45) is 17.8 Å². The van der Waals surface area contributed by atoms with Gasteiger partial charge in [-0.25, -0.2) is 0 Å². The van der Waals surface area contributed by atoms with Gasteiger partial charge in [-0.2, -0.15) is 0 Å². The van der Waals surface area contributed by atoms with Crippen LogP contribution in [0.4, 0.5) is 0 Å². The lowest BCUT2D eigenvalue weighted by Crippen LogP contribution is -2.60. The maximum atomic E-state index is 14.2. The number of aliphatic hydroxyl groups is 1. The second kappa shape index (κ2) is 9.06. The highest BCUT2D eigenvalue weighted by atomic mass is 16.5. The fraction of sp³-hybridized carbons (Fsp3) is 0.593. The minimum Gasteiger partial charge on any atom is -0.481 e. The summed E-state index contributed by atoms with van der Waals surface area (Å²) >= 11 is 0. The summed E-state index contributed by atoms with van der Waals surface area (Å²) in [6.07, 6.45) is 2.38. The fourth-order valence-electron chi connectivity index (χ4n) is 6.71. The van der Waals surface area contributed by atoms with E-state index in [2.05, 4.69) is 6.58 Å². The summed E-state index contributed by atoms with van der Waals surface area (Å²) in [5, 5.41) is 20.6. The van der Waals surface area contributed by atoms with E-state index in [4.69, 9.17) is 4.74 Å². The minimum absolute atomic E-state index is 0.156. The van der Waals surface area contributed by atoms with Crippen molar-refractivity contribution in [3.63, 3.8) is 0 Å². The predicted molar refractivity (Wildman–Crippen MR) is 129 cm³/mol. The standard InChI is InChI=1S/C27H36N2O6/c1-6-12-28(16(2)3)24(32)22-27-14-17(4)26(5,35-27)21(25(33)34)20(27)23(31)29(22)19(15-30)13-18-10-8-7-9-11-18/h6-11,16-17,19-22,30H,1,12-15H2,2-5H3,(H,33,34)/t17?,19-,20+,21+,22?,26-,27?/m1/s1. The molecule has 2 bridgehead atoms. The van der Waals surface area contributed by atoms with Crippen molar-refractivity contribution >= 4 is 17.8 Å². The molecular formula is C27H36N2O6. The van der Waals surface area contributed by atoms with Gasteiger partial charge in [0.05, 0.1) is 24.2 Å². The summed E-state index contributed by atoms with van der Waals surface area (Å²) in [4.78, 5) is 43.8. The maximum absolute atomic E-state index is 14.2. The molecule has 1 spiro atoms. The lowest BCUT2D eigenvalue weighted by atomic mass is 9.62. The van der Waals surface area contributed by atoms with Crippen LogP contribution in [-0.4, -0.2) is 80.3 Å². The summed E-state index contributed by atoms with van der Waals surface area (Å²) in [5.41, 5.74) is -1.40. The molecule has 3 heterocycles. The van der Waals surface area contributed by atoms with Crippen LogP contribution >= 0.6 is 0 Å². The first-order valence-corrected chi connectivity index (χ1v) is 12.3. The van der Waals surface area contributed by atoms with Crippen molar-refractivity contribution in [2.75, 3.05) is 13.2 Å². The maximum Gasteiger partial charge on any atom is 0.310 e. The molecule has 35 heavy (non-hydrogen) atoms. The van der Waals surface area contributed by atoms with Gasteiger partial charge >= 0.3 is 5.97 Å². The quantitative estimate of drug-likeness (QED) is 0.520. The van der Waals surface area contributed by atoms with E-state index in [0.29, 0.717) is 12.8 Å². The molecule has 2 amide bonds. The highest BCUT2D eigenvalue weighted by molar-refractivity contribution is 5.98. The first kappa shape index (κ1) is 25.4. The van der Waals surface area contributed by atoms with E-state index >= 15 is 0 Å². The fourth-order valence-corrected chi connectivity index (χ4v) is 6.71. The number of likely N-dealkylation sites (tertiary alicyclic amines) is 1. The lowest BCUT2D eigenvalue weighted by molar-refractivity contribution is -0.160. The number of carboxylic acids is 1. The molecule has 3 saturated heterocycles. The highest BCUT2D eigenvalue weighted by Crippen LogP contribution is 2.65. The zero-order valence-corrected chi connectivity index (χ0v) is 20.9. The number of nitrogens with zero attached hydrogens (tertiary/aromatic N) is 2. The third-order valence-corrected chi connectivity index (χ3v) is 8.40. The number of hydrogen-bond acceptors (Lipinski definition) is 5. The zero-order chi connectivity index (χ0) is 25.7. The van der Waals surface area contributed by atoms with Gasteiger partial charge in [0, 0.05) is 12.6 Å². The first-order valence-electron chi connectivity index (χ1n) is 12.3. The largest absolute Gasteiger partial charge is 0.481 e. The molecule has 2 N–H and O–H groups in total. The average Bonchev–Trinajstić information content (AvgIpc) is 3.32. The second-order valence-electron chi connectivity index (χ2n) is 10.7. The number of amides is 2. The Bertz CT molecular complexity index is 1010. The van der Waals surface area contributed by atoms with E-state index in [-0.39, 0.29) is 31.0 Å². The molecule has 1 aromatic carbocycles. The summed E-state index contributed by atoms with van der Waals surface area (Å²) in [6.45, 7) is 11.2. The van der Waals surface area contributed by atoms with Gasteiger partial charge in [-0.15, -0.1) is 6.58 Å². The van der Waals surface area contributed by atoms with Crippen molar-refractivity contribution in [3.8, 4) is 0 Å². The minimum atomic E-state index is -1.26. The van der Waals surface area contributed by atoms with Gasteiger partial charge in [-0.3, -0.25) is 14.4 Å². The zero-order valence-electron chi connectivity index (χ0n) is 20.9. The van der Waals surface area contributed by atoms with E-state index < -0.39 is 47.0 Å². The molecule has 1 aromatic rings. The Balaban J connectivity index is 1.85. The van der Waals surface area contributed by atoms with Crippen LogP contribution < -0.4 is 0 Å². The van der Waals surface area contributed by atoms with Crippen LogP contribution in [0.15, 0.2) is 43.0 Å². The predicted octanol–water partition coefficient (Wildman–Crippen LogP) is 2.11. The summed E-state index contributed by atoms with van der Waals surface area (Å²) in [6, 6.07) is 7.56. The molecule has 7 atom stereocenters. The number of carboxylic acid groups (broad SMARTS) is 1. The number of fused-ring (bicyclic) bond motifs is 1. The van der Waals surface area contributed by atoms with Crippen LogP contribution in [0, 0.1) is 17.8 Å². The van der Waals surface area contributed by atoms with Crippen LogP contribution in [0.1, 0.15) is 39.7 Å². The number of aliphatic hydroxyl groups excluding tert-OH is 1. The number of ether oxygens (including phenoxy) is 1. The van der Waals surface area contributed by atoms with Crippen molar-refractivity contribution < 1.29 is 29.3 Å². The van der Waals surface area contributed by atoms with E-state index in [9.17, 15) is 24.6 Å². The Morgan fingerprint density at radius 2 is 1.97 bits per heavy atom. The van der Waals surface area contributed by atoms with Gasteiger partial charge in [-0.1, -0.05) is 43.3 Å². The van der Waals surface area contributed by atoms with Crippen molar-refractivity contribution in [3.05, 3.63) is 48.6 Å². The molecule has 0 aromatic heterocycles. The first-order chi connectivity index (χ1) is 16.5. The highest BCUT2D eigenvalue weighted by Gasteiger charge is 2.80. The molecular weight excluding hydrogens is 448 g/mol. The van der Waals surface area contributed by atoms with Gasteiger partial charge in [0.1, 0.15) is 17.6 Å². The number of carbonyl (C=O) groups is 3. The van der Waals surface area contributed by atoms with Gasteiger partial charge in [-0.05, 0) is 45.1 Å². The number of rotatable bonds is 9. The average molecular weight is 485 g/mol. The van der Waals surface area contributed by atoms with E-state index in [1.54, 1.807) is 17.9 Å². The van der Waals surface area contributed by atoms with Crippen LogP contribution in [0.3, 0.4) is 0 Å². The van der Waals surface area contributed by atoms with Crippen molar-refractivity contribution in [2.45, 2.75) is 69.9 Å². The van der Waals surface area contributed by atoms with Crippen LogP contribution in [0.25, 0.3) is 0 Å². The topological polar surface area (TPSA) is 107 Å². The van der Waals surface area contributed by atoms with Crippen molar-refractivity contribution in [1.29, 1.82) is 0 Å². The second-order valence-corrected chi connectivity index (χ2v) is 10.7. The third-order valence-electron chi connectivity index (χ3n) is 8.40. The number of benzene rings is 1. The van der Waals surface area contributed by atoms with Gasteiger partial charge in [0.2, 0.25) is 11.8 Å². The van der Waals surface area contributed by atoms with E-state index in [0.717, 1.165) is 5.56 Å². The number of hydrogen-bond donors (Lipinski definition) is 2. The monoisotopic (exact) mass is 484 g/mol. The molecule has 0 aliphatic carbocycles. The molecule has 0 radical (unpaired) electrons. The summed E-state index contributed by atoms with van der Waals surface area (Å²) in [5.74, 6) is -4.03. The van der Waals surface area contributed by atoms with Crippen molar-refractivity contribution in [1.82, 2.24) is 9.80 Å². The molecule has 8 nitrogen and oxygen atoms in total. The molecule has 3 aliphatic heterocycles. The molecule has 3 fully saturated rings. The SMILES string of the molecule is C=CCN(C(=O)C1N([C@@H](CO)Cc2ccccc2)C(=O)[C@@H]2[C@@H](C(=O)O)[C@]3(C)OC12CC3C)C(C)C. The Hall–Kier alpha value is -2.71.